The lowest BCUT2D eigenvalue weighted by atomic mass is 9.97. The number of halogens is 3. The lowest BCUT2D eigenvalue weighted by molar-refractivity contribution is 0.656. The molecule has 0 aliphatic rings. The van der Waals surface area contributed by atoms with Gasteiger partial charge in [-0.2, -0.15) is 0 Å². The molecule has 5 aromatic rings. The number of para-hydroxylation sites is 1. The van der Waals surface area contributed by atoms with Gasteiger partial charge in [0.2, 0.25) is 0 Å². The van der Waals surface area contributed by atoms with Crippen LogP contribution in [0.25, 0.3) is 22.2 Å². The van der Waals surface area contributed by atoms with E-state index in [-0.39, 0.29) is 6.04 Å². The third kappa shape index (κ3) is 4.04. The first kappa shape index (κ1) is 22.0. The van der Waals surface area contributed by atoms with Crippen molar-refractivity contribution < 1.29 is 0 Å². The lowest BCUT2D eigenvalue weighted by Gasteiger charge is -2.23. The maximum absolute atomic E-state index is 6.59. The van der Waals surface area contributed by atoms with Crippen LogP contribution in [-0.2, 0) is 6.42 Å². The molecular weight excluding hydrogens is 471 g/mol. The maximum atomic E-state index is 6.59. The van der Waals surface area contributed by atoms with Crippen molar-refractivity contribution in [3.05, 3.63) is 123 Å². The van der Waals surface area contributed by atoms with Crippen molar-refractivity contribution in [2.75, 3.05) is 0 Å². The van der Waals surface area contributed by atoms with Crippen LogP contribution in [0.4, 0.5) is 0 Å². The van der Waals surface area contributed by atoms with Gasteiger partial charge in [0, 0.05) is 17.5 Å². The molecule has 0 spiro atoms. The lowest BCUT2D eigenvalue weighted by Crippen LogP contribution is -2.15. The summed E-state index contributed by atoms with van der Waals surface area (Å²) in [6, 6.07) is 30.8. The minimum absolute atomic E-state index is 0.00752. The van der Waals surface area contributed by atoms with Gasteiger partial charge in [-0.05, 0) is 29.3 Å². The normalized spacial score (nSPS) is 11.4. The smallest absolute Gasteiger partial charge is 0.110 e. The van der Waals surface area contributed by atoms with Crippen molar-refractivity contribution >= 4 is 45.8 Å². The minimum atomic E-state index is -0.00752. The SMILES string of the molecule is CCc1nc2c(-c3cc(Cl)c(Cl)cc3Cl)cccc2n1C(c1ccccc1)c1ccccc1. The highest BCUT2D eigenvalue weighted by atomic mass is 35.5. The predicted octanol–water partition coefficient (Wildman–Crippen LogP) is 8.86. The van der Waals surface area contributed by atoms with Crippen molar-refractivity contribution in [2.24, 2.45) is 0 Å². The van der Waals surface area contributed by atoms with Gasteiger partial charge in [-0.15, -0.1) is 0 Å². The van der Waals surface area contributed by atoms with E-state index < -0.39 is 0 Å². The fraction of sp³-hybridized carbons (Fsp3) is 0.107. The molecule has 0 amide bonds. The third-order valence-electron chi connectivity index (χ3n) is 5.90. The maximum Gasteiger partial charge on any atom is 0.110 e. The summed E-state index contributed by atoms with van der Waals surface area (Å²) in [6.45, 7) is 2.14. The molecule has 5 rings (SSSR count). The van der Waals surface area contributed by atoms with Crippen LogP contribution in [0.5, 0.6) is 0 Å². The molecule has 0 N–H and O–H groups in total. The molecule has 1 heterocycles. The molecule has 4 aromatic carbocycles. The molecule has 0 saturated carbocycles. The summed E-state index contributed by atoms with van der Waals surface area (Å²) in [5.41, 5.74) is 6.10. The molecule has 0 atom stereocenters. The molecule has 0 unspecified atom stereocenters. The molecule has 5 heteroatoms. The van der Waals surface area contributed by atoms with E-state index >= 15 is 0 Å². The molecule has 2 nitrogen and oxygen atoms in total. The number of aromatic nitrogens is 2. The molecule has 0 fully saturated rings. The first-order chi connectivity index (χ1) is 16.1. The second kappa shape index (κ2) is 9.23. The van der Waals surface area contributed by atoms with Crippen molar-refractivity contribution in [1.82, 2.24) is 9.55 Å². The first-order valence-corrected chi connectivity index (χ1v) is 12.0. The van der Waals surface area contributed by atoms with Gasteiger partial charge < -0.3 is 4.57 Å². The number of benzene rings is 4. The van der Waals surface area contributed by atoms with Crippen LogP contribution in [0.1, 0.15) is 29.9 Å². The molecule has 0 bridgehead atoms. The summed E-state index contributed by atoms with van der Waals surface area (Å²) >= 11 is 19.1. The van der Waals surface area contributed by atoms with Gasteiger partial charge in [0.1, 0.15) is 5.82 Å². The molecule has 0 radical (unpaired) electrons. The number of fused-ring (bicyclic) bond motifs is 1. The topological polar surface area (TPSA) is 17.8 Å². The summed E-state index contributed by atoms with van der Waals surface area (Å²) in [7, 11) is 0. The Kier molecular flexibility index (Phi) is 6.16. The fourth-order valence-electron chi connectivity index (χ4n) is 4.41. The van der Waals surface area contributed by atoms with Crippen LogP contribution < -0.4 is 0 Å². The van der Waals surface area contributed by atoms with Crippen LogP contribution in [0.2, 0.25) is 15.1 Å². The Bertz CT molecular complexity index is 1390. The minimum Gasteiger partial charge on any atom is -0.316 e. The highest BCUT2D eigenvalue weighted by molar-refractivity contribution is 6.44. The Balaban J connectivity index is 1.80. The summed E-state index contributed by atoms with van der Waals surface area (Å²) in [5.74, 6) is 1.01. The van der Waals surface area contributed by atoms with E-state index in [1.807, 2.05) is 30.3 Å². The zero-order valence-electron chi connectivity index (χ0n) is 18.0. The average molecular weight is 492 g/mol. The summed E-state index contributed by atoms with van der Waals surface area (Å²) in [5, 5.41) is 1.45. The van der Waals surface area contributed by atoms with E-state index in [0.717, 1.165) is 34.4 Å². The largest absolute Gasteiger partial charge is 0.316 e. The number of aryl methyl sites for hydroxylation is 1. The Morgan fingerprint density at radius 3 is 1.91 bits per heavy atom. The molecule has 0 aliphatic carbocycles. The summed E-state index contributed by atoms with van der Waals surface area (Å²) in [6.07, 6.45) is 0.791. The second-order valence-corrected chi connectivity index (χ2v) is 9.12. The Hall–Kier alpha value is -2.78. The summed E-state index contributed by atoms with van der Waals surface area (Å²) < 4.78 is 2.34. The number of hydrogen-bond donors (Lipinski definition) is 0. The Morgan fingerprint density at radius 2 is 1.30 bits per heavy atom. The monoisotopic (exact) mass is 490 g/mol. The van der Waals surface area contributed by atoms with Gasteiger partial charge in [0.05, 0.1) is 32.1 Å². The zero-order chi connectivity index (χ0) is 22.9. The van der Waals surface area contributed by atoms with Crippen LogP contribution in [0.3, 0.4) is 0 Å². The highest BCUT2D eigenvalue weighted by Crippen LogP contribution is 2.40. The van der Waals surface area contributed by atoms with Crippen LogP contribution >= 0.6 is 34.8 Å². The van der Waals surface area contributed by atoms with Crippen molar-refractivity contribution in [2.45, 2.75) is 19.4 Å². The molecule has 164 valence electrons. The van der Waals surface area contributed by atoms with E-state index in [4.69, 9.17) is 39.8 Å². The molecule has 1 aromatic heterocycles. The van der Waals surface area contributed by atoms with Gasteiger partial charge in [-0.3, -0.25) is 0 Å². The fourth-order valence-corrected chi connectivity index (χ4v) is 5.06. The zero-order valence-corrected chi connectivity index (χ0v) is 20.2. The van der Waals surface area contributed by atoms with Crippen LogP contribution in [-0.4, -0.2) is 9.55 Å². The third-order valence-corrected chi connectivity index (χ3v) is 6.93. The van der Waals surface area contributed by atoms with Crippen LogP contribution in [0, 0.1) is 0 Å². The number of rotatable bonds is 5. The quantitative estimate of drug-likeness (QED) is 0.224. The molecule has 0 aliphatic heterocycles. The average Bonchev–Trinajstić information content (AvgIpc) is 3.22. The number of hydrogen-bond acceptors (Lipinski definition) is 1. The Labute approximate surface area is 208 Å². The van der Waals surface area contributed by atoms with E-state index in [1.165, 1.54) is 11.1 Å². The number of nitrogens with zero attached hydrogens (tertiary/aromatic N) is 2. The van der Waals surface area contributed by atoms with Gasteiger partial charge in [0.15, 0.2) is 0 Å². The van der Waals surface area contributed by atoms with Crippen LogP contribution in [0.15, 0.2) is 91.0 Å². The van der Waals surface area contributed by atoms with E-state index in [9.17, 15) is 0 Å². The Morgan fingerprint density at radius 1 is 0.697 bits per heavy atom. The van der Waals surface area contributed by atoms with Gasteiger partial charge in [-0.25, -0.2) is 4.98 Å². The first-order valence-electron chi connectivity index (χ1n) is 10.8. The summed E-state index contributed by atoms with van der Waals surface area (Å²) in [4.78, 5) is 5.10. The van der Waals surface area contributed by atoms with Gasteiger partial charge >= 0.3 is 0 Å². The molecule has 0 saturated heterocycles. The molecule has 33 heavy (non-hydrogen) atoms. The standard InChI is InChI=1S/C28H21Cl3N2/c1-2-26-32-27-20(21-16-23(30)24(31)17-22(21)29)14-9-15-25(27)33(26)28(18-10-5-3-6-11-18)19-12-7-4-8-13-19/h3-17,28H,2H2,1H3. The van der Waals surface area contributed by atoms with E-state index in [1.54, 1.807) is 6.07 Å². The van der Waals surface area contributed by atoms with Crippen molar-refractivity contribution in [3.8, 4) is 11.1 Å². The predicted molar refractivity (Wildman–Crippen MR) is 140 cm³/mol. The van der Waals surface area contributed by atoms with E-state index in [2.05, 4.69) is 66.1 Å². The number of imidazole rings is 1. The van der Waals surface area contributed by atoms with Gasteiger partial charge in [0.25, 0.3) is 0 Å². The van der Waals surface area contributed by atoms with E-state index in [0.29, 0.717) is 15.1 Å². The van der Waals surface area contributed by atoms with Gasteiger partial charge in [-0.1, -0.05) is 115 Å². The second-order valence-electron chi connectivity index (χ2n) is 7.89. The van der Waals surface area contributed by atoms with Crippen molar-refractivity contribution in [1.29, 1.82) is 0 Å². The van der Waals surface area contributed by atoms with Crippen molar-refractivity contribution in [3.63, 3.8) is 0 Å². The highest BCUT2D eigenvalue weighted by Gasteiger charge is 2.24. The molecular formula is C28H21Cl3N2.